The van der Waals surface area contributed by atoms with E-state index in [2.05, 4.69) is 11.1 Å². The first-order chi connectivity index (χ1) is 8.75. The maximum absolute atomic E-state index is 9.49. The summed E-state index contributed by atoms with van der Waals surface area (Å²) in [6.45, 7) is 0. The fourth-order valence-electron chi connectivity index (χ4n) is 2.67. The van der Waals surface area contributed by atoms with Crippen LogP contribution in [0, 0.1) is 0 Å². The number of nitrogens with zero attached hydrogens (tertiary/aromatic N) is 1. The Bertz CT molecular complexity index is 582. The Kier molecular flexibility index (Phi) is 2.96. The molecule has 18 heavy (non-hydrogen) atoms. The van der Waals surface area contributed by atoms with E-state index in [0.29, 0.717) is 10.9 Å². The van der Waals surface area contributed by atoms with Crippen molar-refractivity contribution < 1.29 is 5.11 Å². The molecule has 1 aliphatic rings. The lowest BCUT2D eigenvalue weighted by Gasteiger charge is -2.24. The summed E-state index contributed by atoms with van der Waals surface area (Å²) in [5.41, 5.74) is 3.63. The van der Waals surface area contributed by atoms with Crippen LogP contribution in [0.2, 0.25) is 5.02 Å². The summed E-state index contributed by atoms with van der Waals surface area (Å²) < 4.78 is 0. The summed E-state index contributed by atoms with van der Waals surface area (Å²) in [4.78, 5) is 4.52. The van der Waals surface area contributed by atoms with Gasteiger partial charge >= 0.3 is 0 Å². The van der Waals surface area contributed by atoms with Gasteiger partial charge in [0.2, 0.25) is 0 Å². The predicted molar refractivity (Wildman–Crippen MR) is 72.1 cm³/mol. The van der Waals surface area contributed by atoms with Crippen molar-refractivity contribution >= 4 is 11.6 Å². The number of aromatic hydroxyl groups is 1. The maximum atomic E-state index is 9.49. The van der Waals surface area contributed by atoms with Gasteiger partial charge in [-0.15, -0.1) is 0 Å². The monoisotopic (exact) mass is 259 g/mol. The van der Waals surface area contributed by atoms with Crippen molar-refractivity contribution in [2.75, 3.05) is 0 Å². The molecule has 1 heterocycles. The van der Waals surface area contributed by atoms with Gasteiger partial charge in [-0.25, -0.2) is 0 Å². The highest BCUT2D eigenvalue weighted by Gasteiger charge is 2.23. The Balaban J connectivity index is 2.05. The molecule has 0 spiro atoms. The minimum absolute atomic E-state index is 0.137. The second-order valence-electron chi connectivity index (χ2n) is 4.70. The van der Waals surface area contributed by atoms with E-state index in [-0.39, 0.29) is 5.75 Å². The molecule has 1 N–H and O–H groups in total. The van der Waals surface area contributed by atoms with Crippen molar-refractivity contribution in [1.82, 2.24) is 4.98 Å². The number of aromatic nitrogens is 1. The molecule has 1 unspecified atom stereocenters. The molecule has 0 amide bonds. The molecule has 0 fully saturated rings. The van der Waals surface area contributed by atoms with Crippen LogP contribution in [0.15, 0.2) is 36.5 Å². The number of halogens is 1. The van der Waals surface area contributed by atoms with Gasteiger partial charge in [0.05, 0.1) is 10.7 Å². The van der Waals surface area contributed by atoms with Crippen molar-refractivity contribution in [1.29, 1.82) is 0 Å². The van der Waals surface area contributed by atoms with Crippen molar-refractivity contribution in [2.45, 2.75) is 25.2 Å². The molecule has 0 saturated carbocycles. The van der Waals surface area contributed by atoms with Crippen molar-refractivity contribution in [2.24, 2.45) is 0 Å². The summed E-state index contributed by atoms with van der Waals surface area (Å²) in [5, 5.41) is 9.90. The first kappa shape index (κ1) is 11.5. The minimum atomic E-state index is 0.137. The Morgan fingerprint density at radius 2 is 2.17 bits per heavy atom. The van der Waals surface area contributed by atoms with E-state index in [1.807, 2.05) is 24.4 Å². The lowest BCUT2D eigenvalue weighted by molar-refractivity contribution is 0.475. The standard InChI is InChI=1S/C15H14ClNO/c16-13-9-11(6-7-14(13)18)12-5-1-3-10-4-2-8-17-15(10)12/h2,4,6-9,12,18H,1,3,5H2. The van der Waals surface area contributed by atoms with Gasteiger partial charge in [-0.1, -0.05) is 23.7 Å². The molecule has 0 aliphatic heterocycles. The third kappa shape index (κ3) is 1.97. The largest absolute Gasteiger partial charge is 0.506 e. The van der Waals surface area contributed by atoms with Crippen LogP contribution in [0.5, 0.6) is 5.75 Å². The Labute approximate surface area is 111 Å². The van der Waals surface area contributed by atoms with Crippen LogP contribution < -0.4 is 0 Å². The third-order valence-corrected chi connectivity index (χ3v) is 3.87. The van der Waals surface area contributed by atoms with Crippen molar-refractivity contribution in [3.63, 3.8) is 0 Å². The van der Waals surface area contributed by atoms with E-state index in [1.165, 1.54) is 12.0 Å². The first-order valence-corrected chi connectivity index (χ1v) is 6.55. The van der Waals surface area contributed by atoms with Gasteiger partial charge in [0.1, 0.15) is 5.75 Å². The molecule has 3 rings (SSSR count). The quantitative estimate of drug-likeness (QED) is 0.842. The average Bonchev–Trinajstić information content (AvgIpc) is 2.41. The number of phenols is 1. The molecule has 0 saturated heterocycles. The number of hydrogen-bond acceptors (Lipinski definition) is 2. The number of rotatable bonds is 1. The highest BCUT2D eigenvalue weighted by Crippen LogP contribution is 2.37. The number of phenolic OH excluding ortho intramolecular Hbond substituents is 1. The SMILES string of the molecule is Oc1ccc(C2CCCc3cccnc32)cc1Cl. The highest BCUT2D eigenvalue weighted by atomic mass is 35.5. The van der Waals surface area contributed by atoms with E-state index in [0.717, 1.165) is 24.1 Å². The topological polar surface area (TPSA) is 33.1 Å². The van der Waals surface area contributed by atoms with Gasteiger partial charge in [0.25, 0.3) is 0 Å². The summed E-state index contributed by atoms with van der Waals surface area (Å²) in [6, 6.07) is 9.59. The van der Waals surface area contributed by atoms with Gasteiger partial charge < -0.3 is 5.11 Å². The number of hydrogen-bond donors (Lipinski definition) is 1. The van der Waals surface area contributed by atoms with Gasteiger partial charge in [-0.3, -0.25) is 4.98 Å². The number of aryl methyl sites for hydroxylation is 1. The zero-order valence-corrected chi connectivity index (χ0v) is 10.7. The van der Waals surface area contributed by atoms with Gasteiger partial charge in [-0.2, -0.15) is 0 Å². The molecule has 1 aromatic carbocycles. The molecular weight excluding hydrogens is 246 g/mol. The van der Waals surface area contributed by atoms with Crippen molar-refractivity contribution in [3.05, 3.63) is 58.4 Å². The lowest BCUT2D eigenvalue weighted by Crippen LogP contribution is -2.12. The minimum Gasteiger partial charge on any atom is -0.506 e. The molecule has 3 heteroatoms. The zero-order chi connectivity index (χ0) is 12.5. The van der Waals surface area contributed by atoms with Gasteiger partial charge in [0, 0.05) is 12.1 Å². The van der Waals surface area contributed by atoms with Crippen LogP contribution in [-0.2, 0) is 6.42 Å². The molecular formula is C15H14ClNO. The molecule has 92 valence electrons. The van der Waals surface area contributed by atoms with Crippen LogP contribution in [0.25, 0.3) is 0 Å². The zero-order valence-electron chi connectivity index (χ0n) is 9.94. The third-order valence-electron chi connectivity index (χ3n) is 3.57. The van der Waals surface area contributed by atoms with Crippen LogP contribution in [-0.4, -0.2) is 10.1 Å². The number of pyridine rings is 1. The molecule has 2 aromatic rings. The first-order valence-electron chi connectivity index (χ1n) is 6.18. The van der Waals surface area contributed by atoms with Gasteiger partial charge in [-0.05, 0) is 48.6 Å². The Hall–Kier alpha value is -1.54. The summed E-state index contributed by atoms with van der Waals surface area (Å²) in [5.74, 6) is 0.436. The molecule has 1 atom stereocenters. The van der Waals surface area contributed by atoms with Crippen LogP contribution >= 0.6 is 11.6 Å². The molecule has 0 bridgehead atoms. The van der Waals surface area contributed by atoms with E-state index in [1.54, 1.807) is 6.07 Å². The molecule has 1 aliphatic carbocycles. The normalized spacial score (nSPS) is 18.4. The second-order valence-corrected chi connectivity index (χ2v) is 5.11. The maximum Gasteiger partial charge on any atom is 0.134 e. The molecule has 0 radical (unpaired) electrons. The predicted octanol–water partition coefficient (Wildman–Crippen LogP) is 3.91. The van der Waals surface area contributed by atoms with E-state index in [4.69, 9.17) is 11.6 Å². The summed E-state index contributed by atoms with van der Waals surface area (Å²) in [7, 11) is 0. The van der Waals surface area contributed by atoms with Crippen LogP contribution in [0.4, 0.5) is 0 Å². The highest BCUT2D eigenvalue weighted by molar-refractivity contribution is 6.32. The lowest BCUT2D eigenvalue weighted by atomic mass is 9.82. The van der Waals surface area contributed by atoms with Crippen LogP contribution in [0.3, 0.4) is 0 Å². The van der Waals surface area contributed by atoms with E-state index < -0.39 is 0 Å². The average molecular weight is 260 g/mol. The number of fused-ring (bicyclic) bond motifs is 1. The summed E-state index contributed by atoms with van der Waals surface area (Å²) >= 11 is 5.99. The fourth-order valence-corrected chi connectivity index (χ4v) is 2.86. The Morgan fingerprint density at radius 1 is 1.28 bits per heavy atom. The van der Waals surface area contributed by atoms with Crippen molar-refractivity contribution in [3.8, 4) is 5.75 Å². The number of benzene rings is 1. The molecule has 2 nitrogen and oxygen atoms in total. The van der Waals surface area contributed by atoms with E-state index in [9.17, 15) is 5.11 Å². The van der Waals surface area contributed by atoms with E-state index >= 15 is 0 Å². The smallest absolute Gasteiger partial charge is 0.134 e. The van der Waals surface area contributed by atoms with Gasteiger partial charge in [0.15, 0.2) is 0 Å². The van der Waals surface area contributed by atoms with Crippen LogP contribution in [0.1, 0.15) is 35.6 Å². The second kappa shape index (κ2) is 4.62. The molecule has 1 aromatic heterocycles. The summed E-state index contributed by atoms with van der Waals surface area (Å²) in [6.07, 6.45) is 5.21. The Morgan fingerprint density at radius 3 is 3.00 bits per heavy atom. The fraction of sp³-hybridized carbons (Fsp3) is 0.267.